The van der Waals surface area contributed by atoms with Gasteiger partial charge in [-0.2, -0.15) is 0 Å². The van der Waals surface area contributed by atoms with E-state index in [2.05, 4.69) is 19.2 Å². The molecule has 1 rings (SSSR count). The number of rotatable bonds is 58. The van der Waals surface area contributed by atoms with E-state index >= 15 is 0 Å². The van der Waals surface area contributed by atoms with Crippen molar-refractivity contribution in [2.45, 2.75) is 391 Å². The molecule has 1 aliphatic rings. The summed E-state index contributed by atoms with van der Waals surface area (Å²) in [4.78, 5) is 13.1. The molecule has 1 fully saturated rings. The first kappa shape index (κ1) is 70.2. The van der Waals surface area contributed by atoms with Crippen LogP contribution in [0.4, 0.5) is 0 Å². The first-order valence-electron chi connectivity index (χ1n) is 32.7. The predicted molar refractivity (Wildman–Crippen MR) is 309 cm³/mol. The molecule has 0 aliphatic carbocycles. The first-order chi connectivity index (χ1) is 35.8. The second-order valence-corrected chi connectivity index (χ2v) is 23.3. The van der Waals surface area contributed by atoms with E-state index in [4.69, 9.17) is 9.47 Å². The molecule has 9 heteroatoms. The number of carbonyl (C=O) groups is 1. The Labute approximate surface area is 453 Å². The summed E-state index contributed by atoms with van der Waals surface area (Å²) in [5.41, 5.74) is 0. The summed E-state index contributed by atoms with van der Waals surface area (Å²) >= 11 is 0. The Balaban J connectivity index is 1.97. The number of aliphatic hydroxyl groups excluding tert-OH is 5. The van der Waals surface area contributed by atoms with Gasteiger partial charge in [0.1, 0.15) is 24.4 Å². The van der Waals surface area contributed by atoms with Crippen LogP contribution in [0.15, 0.2) is 0 Å². The molecule has 7 atom stereocenters. The van der Waals surface area contributed by atoms with Gasteiger partial charge in [0.05, 0.1) is 25.4 Å². The van der Waals surface area contributed by atoms with Crippen LogP contribution >= 0.6 is 0 Å². The molecule has 0 aromatic rings. The third-order valence-electron chi connectivity index (χ3n) is 16.2. The Hall–Kier alpha value is -0.810. The summed E-state index contributed by atoms with van der Waals surface area (Å²) in [6.07, 6.45) is 60.6. The van der Waals surface area contributed by atoms with Crippen molar-refractivity contribution in [3.8, 4) is 0 Å². The highest BCUT2D eigenvalue weighted by Gasteiger charge is 2.44. The normalized spacial score (nSPS) is 18.9. The molecule has 7 unspecified atom stereocenters. The van der Waals surface area contributed by atoms with Crippen LogP contribution < -0.4 is 5.32 Å². The number of nitrogens with one attached hydrogen (secondary N) is 1. The van der Waals surface area contributed by atoms with Gasteiger partial charge in [-0.05, 0) is 12.8 Å². The van der Waals surface area contributed by atoms with Crippen molar-refractivity contribution in [1.82, 2.24) is 5.32 Å². The maximum atomic E-state index is 13.1. The number of hydrogen-bond donors (Lipinski definition) is 6. The molecule has 1 saturated heterocycles. The van der Waals surface area contributed by atoms with Gasteiger partial charge in [0.2, 0.25) is 5.91 Å². The minimum Gasteiger partial charge on any atom is -0.394 e. The number of aliphatic hydroxyl groups is 5. The zero-order valence-electron chi connectivity index (χ0n) is 48.7. The molecule has 0 bridgehead atoms. The topological polar surface area (TPSA) is 149 Å². The lowest BCUT2D eigenvalue weighted by molar-refractivity contribution is -0.302. The maximum absolute atomic E-state index is 13.1. The smallest absolute Gasteiger partial charge is 0.220 e. The lowest BCUT2D eigenvalue weighted by Gasteiger charge is -2.40. The SMILES string of the molecule is CCCCCCCCCCCCCCCCCCCCCCCCCCCCCCCCCCCCCCCCCC(=O)NC(COC1OC(CO)C(O)C(O)C1O)C(O)CCCCCCCCCCCCC. The van der Waals surface area contributed by atoms with E-state index in [0.29, 0.717) is 12.8 Å². The second-order valence-electron chi connectivity index (χ2n) is 23.3. The molecule has 1 amide bonds. The van der Waals surface area contributed by atoms with Crippen LogP contribution in [-0.2, 0) is 14.3 Å². The van der Waals surface area contributed by atoms with Gasteiger partial charge in [-0.1, -0.05) is 328 Å². The van der Waals surface area contributed by atoms with Gasteiger partial charge < -0.3 is 40.3 Å². The van der Waals surface area contributed by atoms with Crippen LogP contribution in [0.5, 0.6) is 0 Å². The zero-order valence-corrected chi connectivity index (χ0v) is 48.7. The minimum absolute atomic E-state index is 0.132. The van der Waals surface area contributed by atoms with E-state index in [1.54, 1.807) is 0 Å². The molecular formula is C64H127NO8. The average Bonchev–Trinajstić information content (AvgIpc) is 3.39. The Morgan fingerprint density at radius 1 is 0.411 bits per heavy atom. The van der Waals surface area contributed by atoms with Crippen LogP contribution in [0.2, 0.25) is 0 Å². The van der Waals surface area contributed by atoms with Crippen molar-refractivity contribution in [1.29, 1.82) is 0 Å². The van der Waals surface area contributed by atoms with Gasteiger partial charge >= 0.3 is 0 Å². The monoisotopic (exact) mass is 1040 g/mol. The molecule has 0 saturated carbocycles. The maximum Gasteiger partial charge on any atom is 0.220 e. The Kier molecular flexibility index (Phi) is 52.5. The lowest BCUT2D eigenvalue weighted by atomic mass is 9.99. The molecule has 9 nitrogen and oxygen atoms in total. The van der Waals surface area contributed by atoms with Crippen LogP contribution in [0, 0.1) is 0 Å². The fraction of sp³-hybridized carbons (Fsp3) is 0.984. The van der Waals surface area contributed by atoms with Crippen molar-refractivity contribution in [3.63, 3.8) is 0 Å². The van der Waals surface area contributed by atoms with E-state index in [-0.39, 0.29) is 12.5 Å². The van der Waals surface area contributed by atoms with Crippen LogP contribution in [0.3, 0.4) is 0 Å². The standard InChI is InChI=1S/C64H127NO8/c1-3-5-7-9-11-13-15-16-17-18-19-20-21-22-23-24-25-26-27-28-29-30-31-32-33-34-35-36-37-38-39-40-41-42-44-46-48-50-52-54-60(68)65-57(56-72-64-63(71)62(70)61(69)59(55-66)73-64)58(67)53-51-49-47-45-43-14-12-10-8-6-4-2/h57-59,61-64,66-67,69-71H,3-56H2,1-2H3,(H,65,68). The van der Waals surface area contributed by atoms with E-state index in [0.717, 1.165) is 38.5 Å². The summed E-state index contributed by atoms with van der Waals surface area (Å²) in [7, 11) is 0. The highest BCUT2D eigenvalue weighted by molar-refractivity contribution is 5.76. The number of hydrogen-bond acceptors (Lipinski definition) is 8. The fourth-order valence-corrected chi connectivity index (χ4v) is 11.0. The summed E-state index contributed by atoms with van der Waals surface area (Å²) in [5, 5.41) is 54.6. The molecule has 1 aliphatic heterocycles. The molecule has 0 aromatic heterocycles. The van der Waals surface area contributed by atoms with Gasteiger partial charge in [0, 0.05) is 6.42 Å². The van der Waals surface area contributed by atoms with Gasteiger partial charge in [-0.3, -0.25) is 4.79 Å². The lowest BCUT2D eigenvalue weighted by Crippen LogP contribution is -2.60. The molecule has 0 radical (unpaired) electrons. The summed E-state index contributed by atoms with van der Waals surface area (Å²) in [6, 6.07) is -0.712. The summed E-state index contributed by atoms with van der Waals surface area (Å²) < 4.78 is 11.3. The molecule has 1 heterocycles. The van der Waals surface area contributed by atoms with Crippen LogP contribution in [-0.4, -0.2) is 87.5 Å². The summed E-state index contributed by atoms with van der Waals surface area (Å²) in [5.74, 6) is -0.137. The van der Waals surface area contributed by atoms with Gasteiger partial charge in [0.25, 0.3) is 0 Å². The third-order valence-corrected chi connectivity index (χ3v) is 16.2. The van der Waals surface area contributed by atoms with Crippen molar-refractivity contribution < 1.29 is 39.8 Å². The van der Waals surface area contributed by atoms with Crippen molar-refractivity contribution in [3.05, 3.63) is 0 Å². The highest BCUT2D eigenvalue weighted by atomic mass is 16.7. The third kappa shape index (κ3) is 43.8. The van der Waals surface area contributed by atoms with Gasteiger partial charge in [0.15, 0.2) is 6.29 Å². The molecule has 6 N–H and O–H groups in total. The van der Waals surface area contributed by atoms with Gasteiger partial charge in [-0.25, -0.2) is 0 Å². The van der Waals surface area contributed by atoms with E-state index in [9.17, 15) is 30.3 Å². The van der Waals surface area contributed by atoms with E-state index in [1.807, 2.05) is 0 Å². The van der Waals surface area contributed by atoms with Crippen LogP contribution in [0.25, 0.3) is 0 Å². The molecule has 0 spiro atoms. The quantitative estimate of drug-likeness (QED) is 0.0330. The zero-order chi connectivity index (χ0) is 52.9. The van der Waals surface area contributed by atoms with Crippen molar-refractivity contribution in [2.24, 2.45) is 0 Å². The van der Waals surface area contributed by atoms with Crippen molar-refractivity contribution >= 4 is 5.91 Å². The van der Waals surface area contributed by atoms with Gasteiger partial charge in [-0.15, -0.1) is 0 Å². The first-order valence-corrected chi connectivity index (χ1v) is 32.7. The highest BCUT2D eigenvalue weighted by Crippen LogP contribution is 2.24. The Bertz CT molecular complexity index is 1110. The number of unbranched alkanes of at least 4 members (excludes halogenated alkanes) is 48. The number of carbonyl (C=O) groups excluding carboxylic acids is 1. The summed E-state index contributed by atoms with van der Waals surface area (Å²) in [6.45, 7) is 3.87. The second kappa shape index (κ2) is 54.5. The molecule has 73 heavy (non-hydrogen) atoms. The predicted octanol–water partition coefficient (Wildman–Crippen LogP) is 17.0. The van der Waals surface area contributed by atoms with Crippen LogP contribution in [0.1, 0.15) is 348 Å². The number of amides is 1. The number of ether oxygens (including phenoxy) is 2. The average molecular weight is 1040 g/mol. The van der Waals surface area contributed by atoms with E-state index in [1.165, 1.54) is 283 Å². The minimum atomic E-state index is -1.55. The van der Waals surface area contributed by atoms with E-state index < -0.39 is 49.5 Å². The molecule has 436 valence electrons. The van der Waals surface area contributed by atoms with Crippen molar-refractivity contribution in [2.75, 3.05) is 13.2 Å². The Morgan fingerprint density at radius 3 is 0.973 bits per heavy atom. The molecular weight excluding hydrogens is 911 g/mol. The Morgan fingerprint density at radius 2 is 0.685 bits per heavy atom. The molecule has 0 aromatic carbocycles. The fourth-order valence-electron chi connectivity index (χ4n) is 11.0. The largest absolute Gasteiger partial charge is 0.394 e.